The van der Waals surface area contributed by atoms with Gasteiger partial charge >= 0.3 is 12.2 Å². The number of rotatable bonds is 3. The van der Waals surface area contributed by atoms with Gasteiger partial charge in [0.15, 0.2) is 5.69 Å². The van der Waals surface area contributed by atoms with Crippen molar-refractivity contribution in [2.45, 2.75) is 37.9 Å². The molecule has 10 heteroatoms. The Morgan fingerprint density at radius 2 is 1.92 bits per heavy atom. The molecule has 1 heterocycles. The number of anilines is 1. The number of hydrogen-bond acceptors (Lipinski definition) is 4. The van der Waals surface area contributed by atoms with E-state index in [1.807, 2.05) is 0 Å². The first kappa shape index (κ1) is 18.5. The van der Waals surface area contributed by atoms with Crippen LogP contribution in [0.2, 0.25) is 5.02 Å². The Hall–Kier alpha value is -2.29. The molecule has 1 saturated carbocycles. The minimum absolute atomic E-state index is 0.0769. The van der Waals surface area contributed by atoms with Gasteiger partial charge in [-0.2, -0.15) is 13.2 Å². The Labute approximate surface area is 152 Å². The highest BCUT2D eigenvalue weighted by Gasteiger charge is 2.42. The van der Waals surface area contributed by atoms with Crippen LogP contribution in [0.4, 0.5) is 23.8 Å². The Morgan fingerprint density at radius 1 is 1.19 bits per heavy atom. The summed E-state index contributed by atoms with van der Waals surface area (Å²) in [6.45, 7) is 0. The van der Waals surface area contributed by atoms with E-state index in [0.29, 0.717) is 29.1 Å². The van der Waals surface area contributed by atoms with Gasteiger partial charge in [0.2, 0.25) is 5.82 Å². The molecule has 2 aromatic rings. The summed E-state index contributed by atoms with van der Waals surface area (Å²) in [5.41, 5.74) is 0.925. The summed E-state index contributed by atoms with van der Waals surface area (Å²) in [6, 6.07) is 5.46. The minimum atomic E-state index is -4.24. The summed E-state index contributed by atoms with van der Waals surface area (Å²) in [5.74, 6) is -1.31. The predicted molar refractivity (Wildman–Crippen MR) is 88.7 cm³/mol. The number of urea groups is 1. The van der Waals surface area contributed by atoms with Gasteiger partial charge in [0.05, 0.1) is 5.92 Å². The number of hydrogen-bond donors (Lipinski definition) is 2. The second kappa shape index (κ2) is 7.53. The number of alkyl halides is 3. The van der Waals surface area contributed by atoms with E-state index in [4.69, 9.17) is 11.6 Å². The van der Waals surface area contributed by atoms with E-state index in [9.17, 15) is 18.0 Å². The van der Waals surface area contributed by atoms with E-state index < -0.39 is 24.2 Å². The third-order valence-corrected chi connectivity index (χ3v) is 4.56. The molecular formula is C16H16ClF3N4O2. The molecule has 1 aliphatic carbocycles. The SMILES string of the molecule is O=C(Nc1nonc1-c1ccc(Cl)cc1)NC1CCCC(C(F)(F)F)C1. The fourth-order valence-corrected chi connectivity index (χ4v) is 3.14. The van der Waals surface area contributed by atoms with Crippen molar-refractivity contribution >= 4 is 23.4 Å². The number of halogens is 4. The molecule has 2 N–H and O–H groups in total. The molecule has 1 fully saturated rings. The minimum Gasteiger partial charge on any atom is -0.335 e. The van der Waals surface area contributed by atoms with Crippen molar-refractivity contribution < 1.29 is 22.6 Å². The highest BCUT2D eigenvalue weighted by Crippen LogP contribution is 2.37. The van der Waals surface area contributed by atoms with E-state index >= 15 is 0 Å². The van der Waals surface area contributed by atoms with E-state index in [1.165, 1.54) is 0 Å². The van der Waals surface area contributed by atoms with Crippen LogP contribution in [-0.4, -0.2) is 28.6 Å². The van der Waals surface area contributed by atoms with Crippen LogP contribution in [0, 0.1) is 5.92 Å². The van der Waals surface area contributed by atoms with Gasteiger partial charge < -0.3 is 5.32 Å². The first-order valence-electron chi connectivity index (χ1n) is 8.05. The number of carbonyl (C=O) groups is 1. The van der Waals surface area contributed by atoms with Gasteiger partial charge in [0.1, 0.15) is 0 Å². The van der Waals surface area contributed by atoms with Gasteiger partial charge in [-0.25, -0.2) is 9.42 Å². The lowest BCUT2D eigenvalue weighted by atomic mass is 9.85. The molecule has 0 aliphatic heterocycles. The van der Waals surface area contributed by atoms with Gasteiger partial charge in [0.25, 0.3) is 0 Å². The Kier molecular flexibility index (Phi) is 5.36. The fourth-order valence-electron chi connectivity index (χ4n) is 3.01. The maximum Gasteiger partial charge on any atom is 0.391 e. The maximum absolute atomic E-state index is 12.9. The molecule has 1 aromatic carbocycles. The van der Waals surface area contributed by atoms with Crippen molar-refractivity contribution in [2.75, 3.05) is 5.32 Å². The average Bonchev–Trinajstić information content (AvgIpc) is 3.03. The molecule has 0 radical (unpaired) electrons. The second-order valence-corrected chi connectivity index (χ2v) is 6.61. The quantitative estimate of drug-likeness (QED) is 0.803. The topological polar surface area (TPSA) is 80.1 Å². The third-order valence-electron chi connectivity index (χ3n) is 4.31. The zero-order chi connectivity index (χ0) is 18.7. The molecule has 0 bridgehead atoms. The molecule has 2 unspecified atom stereocenters. The van der Waals surface area contributed by atoms with Gasteiger partial charge in [-0.1, -0.05) is 30.2 Å². The molecule has 1 aromatic heterocycles. The van der Waals surface area contributed by atoms with Crippen LogP contribution in [0.25, 0.3) is 11.3 Å². The van der Waals surface area contributed by atoms with Crippen molar-refractivity contribution in [2.24, 2.45) is 5.92 Å². The van der Waals surface area contributed by atoms with E-state index in [2.05, 4.69) is 25.6 Å². The largest absolute Gasteiger partial charge is 0.391 e. The zero-order valence-electron chi connectivity index (χ0n) is 13.5. The van der Waals surface area contributed by atoms with Crippen LogP contribution in [0.5, 0.6) is 0 Å². The van der Waals surface area contributed by atoms with Crippen molar-refractivity contribution in [3.05, 3.63) is 29.3 Å². The lowest BCUT2D eigenvalue weighted by Crippen LogP contribution is -2.43. The predicted octanol–water partition coefficient (Wildman–Crippen LogP) is 4.63. The van der Waals surface area contributed by atoms with Crippen LogP contribution < -0.4 is 10.6 Å². The lowest BCUT2D eigenvalue weighted by molar-refractivity contribution is -0.183. The fraction of sp³-hybridized carbons (Fsp3) is 0.438. The summed E-state index contributed by atoms with van der Waals surface area (Å²) in [6.07, 6.45) is -3.36. The standard InChI is InChI=1S/C16H16ClF3N4O2/c17-11-6-4-9(5-7-11)13-14(24-26-23-13)22-15(25)21-12-3-1-2-10(8-12)16(18,19)20/h4-7,10,12H,1-3,8H2,(H2,21,22,24,25). The van der Waals surface area contributed by atoms with Crippen molar-refractivity contribution in [1.82, 2.24) is 15.6 Å². The van der Waals surface area contributed by atoms with Crippen molar-refractivity contribution in [1.29, 1.82) is 0 Å². The second-order valence-electron chi connectivity index (χ2n) is 6.17. The molecular weight excluding hydrogens is 373 g/mol. The zero-order valence-corrected chi connectivity index (χ0v) is 14.3. The van der Waals surface area contributed by atoms with Crippen LogP contribution in [-0.2, 0) is 0 Å². The van der Waals surface area contributed by atoms with Crippen LogP contribution in [0.1, 0.15) is 25.7 Å². The lowest BCUT2D eigenvalue weighted by Gasteiger charge is -2.30. The summed E-state index contributed by atoms with van der Waals surface area (Å²) in [4.78, 5) is 12.1. The number of aromatic nitrogens is 2. The highest BCUT2D eigenvalue weighted by molar-refractivity contribution is 6.30. The van der Waals surface area contributed by atoms with Gasteiger partial charge in [0, 0.05) is 16.6 Å². The Bertz CT molecular complexity index is 764. The number of nitrogens with zero attached hydrogens (tertiary/aromatic N) is 2. The van der Waals surface area contributed by atoms with Crippen molar-refractivity contribution in [3.63, 3.8) is 0 Å². The third kappa shape index (κ3) is 4.46. The smallest absolute Gasteiger partial charge is 0.335 e. The Morgan fingerprint density at radius 3 is 2.62 bits per heavy atom. The Balaban J connectivity index is 1.62. The van der Waals surface area contributed by atoms with Crippen molar-refractivity contribution in [3.8, 4) is 11.3 Å². The average molecular weight is 389 g/mol. The molecule has 0 saturated heterocycles. The number of nitrogens with one attached hydrogen (secondary N) is 2. The molecule has 140 valence electrons. The monoisotopic (exact) mass is 388 g/mol. The van der Waals surface area contributed by atoms with Crippen LogP contribution >= 0.6 is 11.6 Å². The highest BCUT2D eigenvalue weighted by atomic mass is 35.5. The molecule has 6 nitrogen and oxygen atoms in total. The molecule has 0 spiro atoms. The van der Waals surface area contributed by atoms with Crippen LogP contribution in [0.15, 0.2) is 28.9 Å². The molecule has 2 amide bonds. The summed E-state index contributed by atoms with van der Waals surface area (Å²) in [7, 11) is 0. The molecule has 3 rings (SSSR count). The molecule has 26 heavy (non-hydrogen) atoms. The maximum atomic E-state index is 12.9. The summed E-state index contributed by atoms with van der Waals surface area (Å²) < 4.78 is 43.2. The normalized spacial score (nSPS) is 20.6. The molecule has 1 aliphatic rings. The van der Waals surface area contributed by atoms with E-state index in [-0.39, 0.29) is 18.7 Å². The summed E-state index contributed by atoms with van der Waals surface area (Å²) in [5, 5.41) is 12.9. The van der Waals surface area contributed by atoms with E-state index in [1.54, 1.807) is 24.3 Å². The van der Waals surface area contributed by atoms with E-state index in [0.717, 1.165) is 0 Å². The first-order chi connectivity index (χ1) is 12.3. The summed E-state index contributed by atoms with van der Waals surface area (Å²) >= 11 is 5.83. The number of amides is 2. The van der Waals surface area contributed by atoms with Gasteiger partial charge in [-0.15, -0.1) is 0 Å². The van der Waals surface area contributed by atoms with Gasteiger partial charge in [-0.05, 0) is 41.7 Å². The number of carbonyl (C=O) groups excluding carboxylic acids is 1. The first-order valence-corrected chi connectivity index (χ1v) is 8.43. The van der Waals surface area contributed by atoms with Gasteiger partial charge in [-0.3, -0.25) is 5.32 Å². The van der Waals surface area contributed by atoms with Crippen LogP contribution in [0.3, 0.4) is 0 Å². The molecule has 2 atom stereocenters. The number of benzene rings is 1.